The quantitative estimate of drug-likeness (QED) is 0.173. The third kappa shape index (κ3) is 5.70. The molecule has 0 saturated carbocycles. The first kappa shape index (κ1) is 30.2. The van der Waals surface area contributed by atoms with Crippen LogP contribution < -0.4 is 9.47 Å². The van der Waals surface area contributed by atoms with Gasteiger partial charge >= 0.3 is 0 Å². The molecular weight excluding hydrogens is 564 g/mol. The zero-order valence-electron chi connectivity index (χ0n) is 22.1. The van der Waals surface area contributed by atoms with Gasteiger partial charge < -0.3 is 69.6 Å². The molecule has 2 fully saturated rings. The maximum atomic E-state index is 12.8. The van der Waals surface area contributed by atoms with Crippen molar-refractivity contribution in [2.45, 2.75) is 80.9 Å². The molecule has 0 aromatic heterocycles. The Kier molecular flexibility index (Phi) is 8.48. The summed E-state index contributed by atoms with van der Waals surface area (Å²) in [6, 6.07) is 6.26. The first-order chi connectivity index (χ1) is 19.8. The Morgan fingerprint density at radius 3 is 2.19 bits per heavy atom. The van der Waals surface area contributed by atoms with Crippen molar-refractivity contribution < 1.29 is 74.4 Å². The maximum Gasteiger partial charge on any atom is 0.229 e. The molecule has 15 heteroatoms. The van der Waals surface area contributed by atoms with E-state index in [1.54, 1.807) is 0 Å². The second-order valence-corrected chi connectivity index (χ2v) is 10.4. The van der Waals surface area contributed by atoms with Crippen LogP contribution in [0.25, 0.3) is 0 Å². The summed E-state index contributed by atoms with van der Waals surface area (Å²) >= 11 is 0. The van der Waals surface area contributed by atoms with E-state index in [9.17, 15) is 50.8 Å². The van der Waals surface area contributed by atoms with Crippen LogP contribution in [0.5, 0.6) is 28.7 Å². The number of ether oxygens (including phenoxy) is 5. The number of Topliss-reactive ketones (excluding diaryl/α,β-unsaturated/α-hetero) is 1. The Hall–Kier alpha value is -3.25. The predicted molar refractivity (Wildman–Crippen MR) is 136 cm³/mol. The Labute approximate surface area is 238 Å². The van der Waals surface area contributed by atoms with E-state index in [4.69, 9.17) is 23.7 Å². The molecular formula is C27H32O15. The van der Waals surface area contributed by atoms with Gasteiger partial charge in [-0.3, -0.25) is 4.79 Å². The second-order valence-electron chi connectivity index (χ2n) is 10.4. The second kappa shape index (κ2) is 11.8. The van der Waals surface area contributed by atoms with Gasteiger partial charge in [0.2, 0.25) is 6.29 Å². The highest BCUT2D eigenvalue weighted by Gasteiger charge is 2.47. The van der Waals surface area contributed by atoms with Crippen molar-refractivity contribution >= 4 is 5.78 Å². The lowest BCUT2D eigenvalue weighted by Crippen LogP contribution is -2.61. The molecule has 0 radical (unpaired) electrons. The standard InChI is InChI=1S/C27H32O15/c1-9-20(32)22(34)24(36)26(39-9)38-8-18-21(33)23(35)25(37)27(42-18)40-11-5-14(30)19-15(31)7-16(41-17(19)6-11)10-2-3-12(28)13(29)4-10/h2-6,9,16,18,20-30,32-37H,7-8H2,1H3/t9-,16-,18-,20-,21+,22+,23+,24+,25-,26+,27+/m0/s1. The molecule has 0 unspecified atom stereocenters. The highest BCUT2D eigenvalue weighted by Crippen LogP contribution is 2.43. The molecule has 3 aliphatic heterocycles. The van der Waals surface area contributed by atoms with Crippen LogP contribution in [0, 0.1) is 0 Å². The highest BCUT2D eigenvalue weighted by atomic mass is 16.7. The van der Waals surface area contributed by atoms with Gasteiger partial charge in [0.1, 0.15) is 71.6 Å². The molecule has 5 rings (SSSR count). The molecule has 0 amide bonds. The first-order valence-corrected chi connectivity index (χ1v) is 13.1. The number of aliphatic hydroxyl groups excluding tert-OH is 6. The fourth-order valence-corrected chi connectivity index (χ4v) is 5.04. The van der Waals surface area contributed by atoms with Gasteiger partial charge in [0.05, 0.1) is 19.1 Å². The van der Waals surface area contributed by atoms with Crippen LogP contribution in [0.3, 0.4) is 0 Å². The molecule has 2 aromatic rings. The first-order valence-electron chi connectivity index (χ1n) is 13.1. The van der Waals surface area contributed by atoms with E-state index in [-0.39, 0.29) is 29.2 Å². The SMILES string of the molecule is C[C@@H]1O[C@@H](OC[C@@H]2O[C@@H](Oc3cc(O)c4c(c3)O[C@H](c3ccc(O)c(O)c3)CC4=O)[C@@H](O)[C@H](O)[C@@H]2O)[C@H](O)[C@H](O)[C@H]1O. The van der Waals surface area contributed by atoms with Gasteiger partial charge in [0.25, 0.3) is 0 Å². The number of rotatable bonds is 6. The van der Waals surface area contributed by atoms with Crippen molar-refractivity contribution in [2.24, 2.45) is 0 Å². The minimum atomic E-state index is -1.78. The number of benzene rings is 2. The number of fused-ring (bicyclic) bond motifs is 1. The summed E-state index contributed by atoms with van der Waals surface area (Å²) in [4.78, 5) is 12.8. The average Bonchev–Trinajstić information content (AvgIpc) is 2.95. The maximum absolute atomic E-state index is 12.8. The number of hydrogen-bond donors (Lipinski definition) is 9. The normalized spacial score (nSPS) is 36.6. The highest BCUT2D eigenvalue weighted by molar-refractivity contribution is 6.02. The van der Waals surface area contributed by atoms with E-state index >= 15 is 0 Å². The van der Waals surface area contributed by atoms with Crippen LogP contribution >= 0.6 is 0 Å². The molecule has 11 atom stereocenters. The Bertz CT molecular complexity index is 1300. The summed E-state index contributed by atoms with van der Waals surface area (Å²) in [5, 5.41) is 91.3. The molecule has 0 bridgehead atoms. The monoisotopic (exact) mass is 596 g/mol. The van der Waals surface area contributed by atoms with Crippen molar-refractivity contribution in [3.8, 4) is 28.7 Å². The van der Waals surface area contributed by atoms with E-state index in [0.717, 1.165) is 6.07 Å². The van der Waals surface area contributed by atoms with Gasteiger partial charge in [0.15, 0.2) is 23.6 Å². The smallest absolute Gasteiger partial charge is 0.229 e. The van der Waals surface area contributed by atoms with Crippen LogP contribution in [0.4, 0.5) is 0 Å². The lowest BCUT2D eigenvalue weighted by molar-refractivity contribution is -0.318. The number of aliphatic hydroxyl groups is 6. The minimum Gasteiger partial charge on any atom is -0.507 e. The van der Waals surface area contributed by atoms with Crippen molar-refractivity contribution in [1.82, 2.24) is 0 Å². The van der Waals surface area contributed by atoms with E-state index in [1.807, 2.05) is 0 Å². The number of hydrogen-bond acceptors (Lipinski definition) is 15. The number of ketones is 1. The van der Waals surface area contributed by atoms with E-state index in [0.29, 0.717) is 5.56 Å². The topological polar surface area (TPSA) is 245 Å². The van der Waals surface area contributed by atoms with Gasteiger partial charge in [0, 0.05) is 12.1 Å². The Morgan fingerprint density at radius 1 is 0.786 bits per heavy atom. The number of aromatic hydroxyl groups is 3. The van der Waals surface area contributed by atoms with Gasteiger partial charge in [-0.25, -0.2) is 0 Å². The molecule has 230 valence electrons. The Morgan fingerprint density at radius 2 is 1.48 bits per heavy atom. The summed E-state index contributed by atoms with van der Waals surface area (Å²) in [6.45, 7) is 0.949. The van der Waals surface area contributed by atoms with E-state index in [2.05, 4.69) is 0 Å². The molecule has 3 heterocycles. The van der Waals surface area contributed by atoms with Crippen molar-refractivity contribution in [3.05, 3.63) is 41.5 Å². The van der Waals surface area contributed by atoms with Crippen LogP contribution in [0.15, 0.2) is 30.3 Å². The summed E-state index contributed by atoms with van der Waals surface area (Å²) in [7, 11) is 0. The Balaban J connectivity index is 1.30. The van der Waals surface area contributed by atoms with Gasteiger partial charge in [-0.2, -0.15) is 0 Å². The lowest BCUT2D eigenvalue weighted by atomic mass is 9.95. The van der Waals surface area contributed by atoms with Crippen LogP contribution in [0.2, 0.25) is 0 Å². The molecule has 9 N–H and O–H groups in total. The summed E-state index contributed by atoms with van der Waals surface area (Å²) in [6.07, 6.45) is -16.1. The average molecular weight is 597 g/mol. The largest absolute Gasteiger partial charge is 0.507 e. The predicted octanol–water partition coefficient (Wildman–Crippen LogP) is -1.46. The zero-order chi connectivity index (χ0) is 30.5. The van der Waals surface area contributed by atoms with Gasteiger partial charge in [-0.15, -0.1) is 0 Å². The summed E-state index contributed by atoms with van der Waals surface area (Å²) in [5.74, 6) is -1.96. The van der Waals surface area contributed by atoms with E-state index in [1.165, 1.54) is 31.2 Å². The van der Waals surface area contributed by atoms with Crippen molar-refractivity contribution in [1.29, 1.82) is 0 Å². The van der Waals surface area contributed by atoms with Gasteiger partial charge in [-0.1, -0.05) is 6.07 Å². The fraction of sp³-hybridized carbons (Fsp3) is 0.519. The van der Waals surface area contributed by atoms with Crippen LogP contribution in [0.1, 0.15) is 35.4 Å². The van der Waals surface area contributed by atoms with Crippen LogP contribution in [-0.2, 0) is 14.2 Å². The van der Waals surface area contributed by atoms with Crippen LogP contribution in [-0.4, -0.2) is 120 Å². The fourth-order valence-electron chi connectivity index (χ4n) is 5.04. The molecule has 2 saturated heterocycles. The number of carbonyl (C=O) groups is 1. The third-order valence-corrected chi connectivity index (χ3v) is 7.50. The number of phenols is 3. The zero-order valence-corrected chi connectivity index (χ0v) is 22.1. The molecule has 2 aromatic carbocycles. The molecule has 0 aliphatic carbocycles. The number of carbonyl (C=O) groups excluding carboxylic acids is 1. The van der Waals surface area contributed by atoms with Crippen molar-refractivity contribution in [3.63, 3.8) is 0 Å². The molecule has 0 spiro atoms. The van der Waals surface area contributed by atoms with Gasteiger partial charge in [-0.05, 0) is 24.6 Å². The molecule has 15 nitrogen and oxygen atoms in total. The number of phenolic OH excluding ortho intramolecular Hbond substituents is 3. The molecule has 3 aliphatic rings. The third-order valence-electron chi connectivity index (χ3n) is 7.50. The summed E-state index contributed by atoms with van der Waals surface area (Å²) < 4.78 is 27.9. The molecule has 42 heavy (non-hydrogen) atoms. The minimum absolute atomic E-state index is 0.0807. The van der Waals surface area contributed by atoms with E-state index < -0.39 is 91.4 Å². The lowest BCUT2D eigenvalue weighted by Gasteiger charge is -2.42. The summed E-state index contributed by atoms with van der Waals surface area (Å²) in [5.41, 5.74) is 0.255. The van der Waals surface area contributed by atoms with Crippen molar-refractivity contribution in [2.75, 3.05) is 6.61 Å².